The molecule has 0 aromatic rings. The highest BCUT2D eigenvalue weighted by Gasteiger charge is 2.41. The van der Waals surface area contributed by atoms with Gasteiger partial charge >= 0.3 is 0 Å². The number of carbonyl (C=O) groups is 1. The van der Waals surface area contributed by atoms with Crippen molar-refractivity contribution in [3.05, 3.63) is 0 Å². The molecule has 2 fully saturated rings. The van der Waals surface area contributed by atoms with Crippen molar-refractivity contribution in [2.24, 2.45) is 0 Å². The topological polar surface area (TPSA) is 35.6 Å². The van der Waals surface area contributed by atoms with Crippen LogP contribution in [0.2, 0.25) is 0 Å². The van der Waals surface area contributed by atoms with E-state index in [1.165, 1.54) is 25.7 Å². The van der Waals surface area contributed by atoms with Gasteiger partial charge in [0.05, 0.1) is 6.04 Å². The third-order valence-corrected chi connectivity index (χ3v) is 4.61. The van der Waals surface area contributed by atoms with Gasteiger partial charge in [0.25, 0.3) is 0 Å². The van der Waals surface area contributed by atoms with Crippen molar-refractivity contribution in [2.45, 2.75) is 43.7 Å². The van der Waals surface area contributed by atoms with Gasteiger partial charge in [-0.15, -0.1) is 0 Å². The van der Waals surface area contributed by atoms with Crippen LogP contribution in [0.5, 0.6) is 0 Å². The first-order valence-corrected chi connectivity index (χ1v) is 6.72. The normalized spacial score (nSPS) is 28.4. The number of carbonyl (C=O) groups excluding carboxylic acids is 1. The van der Waals surface area contributed by atoms with Gasteiger partial charge in [-0.25, -0.2) is 0 Å². The van der Waals surface area contributed by atoms with Crippen LogP contribution in [0.3, 0.4) is 0 Å². The van der Waals surface area contributed by atoms with Gasteiger partial charge in [-0.05, 0) is 40.4 Å². The fraction of sp³-hybridized carbons (Fsp3) is 0.923. The molecule has 1 amide bonds. The van der Waals surface area contributed by atoms with E-state index in [1.807, 2.05) is 7.05 Å². The monoisotopic (exact) mass is 239 g/mol. The standard InChI is InChI=1S/C13H25N3O/c1-14-11-6-9-16(12(11)17)10-13(15(2)3)7-4-5-8-13/h11,14H,4-10H2,1-3H3. The van der Waals surface area contributed by atoms with Crippen molar-refractivity contribution in [3.8, 4) is 0 Å². The van der Waals surface area contributed by atoms with E-state index in [9.17, 15) is 4.79 Å². The fourth-order valence-corrected chi connectivity index (χ4v) is 3.30. The zero-order valence-electron chi connectivity index (χ0n) is 11.3. The lowest BCUT2D eigenvalue weighted by atomic mass is 9.95. The highest BCUT2D eigenvalue weighted by atomic mass is 16.2. The Hall–Kier alpha value is -0.610. The molecule has 4 nitrogen and oxygen atoms in total. The third kappa shape index (κ3) is 2.33. The van der Waals surface area contributed by atoms with Gasteiger partial charge in [0.1, 0.15) is 0 Å². The summed E-state index contributed by atoms with van der Waals surface area (Å²) >= 11 is 0. The van der Waals surface area contributed by atoms with Gasteiger partial charge < -0.3 is 15.1 Å². The minimum Gasteiger partial charge on any atom is -0.339 e. The molecule has 1 atom stereocenters. The number of likely N-dealkylation sites (N-methyl/N-ethyl adjacent to an activating group) is 2. The molecule has 1 saturated carbocycles. The molecule has 17 heavy (non-hydrogen) atoms. The Morgan fingerprint density at radius 2 is 2.06 bits per heavy atom. The van der Waals surface area contributed by atoms with Crippen molar-refractivity contribution in [1.29, 1.82) is 0 Å². The number of likely N-dealkylation sites (tertiary alicyclic amines) is 1. The second kappa shape index (κ2) is 4.94. The lowest BCUT2D eigenvalue weighted by molar-refractivity contribution is -0.130. The summed E-state index contributed by atoms with van der Waals surface area (Å²) in [6.07, 6.45) is 6.02. The van der Waals surface area contributed by atoms with Crippen LogP contribution >= 0.6 is 0 Å². The summed E-state index contributed by atoms with van der Waals surface area (Å²) in [5, 5.41) is 3.11. The van der Waals surface area contributed by atoms with E-state index in [0.717, 1.165) is 19.5 Å². The molecule has 0 aromatic heterocycles. The Labute approximate surface area is 104 Å². The van der Waals surface area contributed by atoms with E-state index in [2.05, 4.69) is 29.2 Å². The fourth-order valence-electron chi connectivity index (χ4n) is 3.30. The summed E-state index contributed by atoms with van der Waals surface area (Å²) in [5.41, 5.74) is 0.234. The van der Waals surface area contributed by atoms with Crippen molar-refractivity contribution in [1.82, 2.24) is 15.1 Å². The maximum absolute atomic E-state index is 12.1. The zero-order chi connectivity index (χ0) is 12.5. The summed E-state index contributed by atoms with van der Waals surface area (Å²) in [7, 11) is 6.19. The number of rotatable bonds is 4. The molecule has 1 saturated heterocycles. The van der Waals surface area contributed by atoms with Gasteiger partial charge in [0, 0.05) is 18.6 Å². The van der Waals surface area contributed by atoms with Crippen LogP contribution in [0.1, 0.15) is 32.1 Å². The van der Waals surface area contributed by atoms with Crippen LogP contribution < -0.4 is 5.32 Å². The predicted octanol–water partition coefficient (Wildman–Crippen LogP) is 0.681. The first kappa shape index (κ1) is 12.8. The highest BCUT2D eigenvalue weighted by molar-refractivity contribution is 5.84. The molecule has 1 aliphatic heterocycles. The average Bonchev–Trinajstić information content (AvgIpc) is 2.89. The average molecular weight is 239 g/mol. The van der Waals surface area contributed by atoms with E-state index in [1.54, 1.807) is 0 Å². The molecule has 1 aliphatic carbocycles. The Morgan fingerprint density at radius 1 is 1.41 bits per heavy atom. The van der Waals surface area contributed by atoms with Gasteiger partial charge in [-0.3, -0.25) is 4.79 Å². The van der Waals surface area contributed by atoms with Gasteiger partial charge in [-0.1, -0.05) is 12.8 Å². The van der Waals surface area contributed by atoms with E-state index in [4.69, 9.17) is 0 Å². The van der Waals surface area contributed by atoms with Crippen molar-refractivity contribution in [2.75, 3.05) is 34.2 Å². The lowest BCUT2D eigenvalue weighted by Crippen LogP contribution is -2.52. The Bertz CT molecular complexity index is 284. The molecular formula is C13H25N3O. The number of hydrogen-bond donors (Lipinski definition) is 1. The molecule has 98 valence electrons. The van der Waals surface area contributed by atoms with Gasteiger partial charge in [0.2, 0.25) is 5.91 Å². The SMILES string of the molecule is CNC1CCN(CC2(N(C)C)CCCC2)C1=O. The van der Waals surface area contributed by atoms with E-state index in [-0.39, 0.29) is 11.6 Å². The second-order valence-electron chi connectivity index (χ2n) is 5.72. The summed E-state index contributed by atoms with van der Waals surface area (Å²) in [4.78, 5) is 16.5. The first-order valence-electron chi connectivity index (χ1n) is 6.72. The van der Waals surface area contributed by atoms with Crippen LogP contribution in [0.4, 0.5) is 0 Å². The molecule has 1 heterocycles. The molecule has 0 spiro atoms. The Morgan fingerprint density at radius 3 is 2.53 bits per heavy atom. The molecule has 2 rings (SSSR count). The molecule has 0 bridgehead atoms. The Balaban J connectivity index is 2.02. The van der Waals surface area contributed by atoms with Crippen molar-refractivity contribution >= 4 is 5.91 Å². The third-order valence-electron chi connectivity index (χ3n) is 4.61. The van der Waals surface area contributed by atoms with Crippen molar-refractivity contribution in [3.63, 3.8) is 0 Å². The van der Waals surface area contributed by atoms with Crippen molar-refractivity contribution < 1.29 is 4.79 Å². The predicted molar refractivity (Wildman–Crippen MR) is 68.9 cm³/mol. The lowest BCUT2D eigenvalue weighted by Gasteiger charge is -2.39. The van der Waals surface area contributed by atoms with Crippen LogP contribution in [-0.2, 0) is 4.79 Å². The van der Waals surface area contributed by atoms with E-state index < -0.39 is 0 Å². The van der Waals surface area contributed by atoms with E-state index in [0.29, 0.717) is 5.91 Å². The van der Waals surface area contributed by atoms with Crippen LogP contribution in [-0.4, -0.2) is 61.5 Å². The summed E-state index contributed by atoms with van der Waals surface area (Å²) in [6.45, 7) is 1.83. The maximum Gasteiger partial charge on any atom is 0.239 e. The Kier molecular flexibility index (Phi) is 3.73. The minimum atomic E-state index is 0.0515. The summed E-state index contributed by atoms with van der Waals surface area (Å²) < 4.78 is 0. The number of nitrogens with zero attached hydrogens (tertiary/aromatic N) is 2. The van der Waals surface area contributed by atoms with Crippen LogP contribution in [0.15, 0.2) is 0 Å². The van der Waals surface area contributed by atoms with Gasteiger partial charge in [0.15, 0.2) is 0 Å². The molecule has 0 radical (unpaired) electrons. The van der Waals surface area contributed by atoms with Gasteiger partial charge in [-0.2, -0.15) is 0 Å². The highest BCUT2D eigenvalue weighted by Crippen LogP contribution is 2.35. The second-order valence-corrected chi connectivity index (χ2v) is 5.72. The van der Waals surface area contributed by atoms with E-state index >= 15 is 0 Å². The smallest absolute Gasteiger partial charge is 0.239 e. The maximum atomic E-state index is 12.1. The van der Waals surface area contributed by atoms with Crippen LogP contribution in [0.25, 0.3) is 0 Å². The summed E-state index contributed by atoms with van der Waals surface area (Å²) in [5.74, 6) is 0.292. The quantitative estimate of drug-likeness (QED) is 0.784. The molecule has 0 aromatic carbocycles. The number of hydrogen-bond acceptors (Lipinski definition) is 3. The largest absolute Gasteiger partial charge is 0.339 e. The summed E-state index contributed by atoms with van der Waals surface area (Å²) in [6, 6.07) is 0.0515. The molecule has 1 N–H and O–H groups in total. The first-order chi connectivity index (χ1) is 8.09. The zero-order valence-corrected chi connectivity index (χ0v) is 11.3. The minimum absolute atomic E-state index is 0.0515. The molecular weight excluding hydrogens is 214 g/mol. The van der Waals surface area contributed by atoms with Crippen LogP contribution in [0, 0.1) is 0 Å². The number of nitrogens with one attached hydrogen (secondary N) is 1. The molecule has 4 heteroatoms. The number of amides is 1. The molecule has 2 aliphatic rings. The molecule has 1 unspecified atom stereocenters.